The summed E-state index contributed by atoms with van der Waals surface area (Å²) in [5.41, 5.74) is 2.53. The van der Waals surface area contributed by atoms with Crippen LogP contribution in [0.1, 0.15) is 39.6 Å². The van der Waals surface area contributed by atoms with Crippen LogP contribution in [-0.2, 0) is 21.2 Å². The predicted octanol–water partition coefficient (Wildman–Crippen LogP) is 2.02. The van der Waals surface area contributed by atoms with E-state index in [2.05, 4.69) is 5.32 Å². The van der Waals surface area contributed by atoms with Gasteiger partial charge >= 0.3 is 0 Å². The molecule has 2 aromatic carbocycles. The first-order valence-electron chi connectivity index (χ1n) is 9.70. The number of carbonyl (C=O) groups excluding carboxylic acids is 3. The zero-order valence-corrected chi connectivity index (χ0v) is 17.2. The molecule has 0 aliphatic carbocycles. The Morgan fingerprint density at radius 3 is 2.37 bits per heavy atom. The molecule has 3 amide bonds. The lowest BCUT2D eigenvalue weighted by Gasteiger charge is -2.30. The average Bonchev–Trinajstić information content (AvgIpc) is 2.98. The average molecular weight is 427 g/mol. The smallest absolute Gasteiger partial charge is 0.262 e. The van der Waals surface area contributed by atoms with Crippen molar-refractivity contribution in [2.75, 3.05) is 28.5 Å². The molecule has 0 radical (unpaired) electrons. The lowest BCUT2D eigenvalue weighted by atomic mass is 10.0. The summed E-state index contributed by atoms with van der Waals surface area (Å²) in [7, 11) is -3.36. The van der Waals surface area contributed by atoms with Crippen LogP contribution in [0.2, 0.25) is 0 Å². The minimum Gasteiger partial charge on any atom is -0.325 e. The normalized spacial score (nSPS) is 15.8. The highest BCUT2D eigenvalue weighted by atomic mass is 32.2. The highest BCUT2D eigenvalue weighted by Crippen LogP contribution is 2.32. The third kappa shape index (κ3) is 3.45. The SMILES string of the molecule is CCS(=O)(=O)N1CCCc2cc(NC(=O)CN3C(=O)c4ccccc4C3=O)ccc21. The van der Waals surface area contributed by atoms with E-state index in [-0.39, 0.29) is 12.3 Å². The summed E-state index contributed by atoms with van der Waals surface area (Å²) >= 11 is 0. The molecule has 0 unspecified atom stereocenters. The van der Waals surface area contributed by atoms with E-state index in [0.717, 1.165) is 10.5 Å². The number of rotatable bonds is 5. The van der Waals surface area contributed by atoms with Gasteiger partial charge in [0.1, 0.15) is 6.54 Å². The van der Waals surface area contributed by atoms with E-state index in [1.54, 1.807) is 49.4 Å². The lowest BCUT2D eigenvalue weighted by Crippen LogP contribution is -2.37. The van der Waals surface area contributed by atoms with Crippen LogP contribution < -0.4 is 9.62 Å². The van der Waals surface area contributed by atoms with Gasteiger partial charge in [0.15, 0.2) is 0 Å². The van der Waals surface area contributed by atoms with Crippen molar-refractivity contribution in [1.29, 1.82) is 0 Å². The number of anilines is 2. The zero-order chi connectivity index (χ0) is 21.5. The van der Waals surface area contributed by atoms with E-state index >= 15 is 0 Å². The Morgan fingerprint density at radius 1 is 1.07 bits per heavy atom. The molecule has 2 aliphatic heterocycles. The number of imide groups is 1. The van der Waals surface area contributed by atoms with Crippen molar-refractivity contribution in [3.05, 3.63) is 59.2 Å². The maximum atomic E-state index is 12.5. The quantitative estimate of drug-likeness (QED) is 0.736. The van der Waals surface area contributed by atoms with Gasteiger partial charge in [0.2, 0.25) is 15.9 Å². The predicted molar refractivity (Wildman–Crippen MR) is 112 cm³/mol. The highest BCUT2D eigenvalue weighted by Gasteiger charge is 2.36. The maximum absolute atomic E-state index is 12.5. The molecular formula is C21H21N3O5S. The largest absolute Gasteiger partial charge is 0.325 e. The minimum absolute atomic E-state index is 0.0191. The summed E-state index contributed by atoms with van der Waals surface area (Å²) in [4.78, 5) is 38.2. The molecule has 8 nitrogen and oxygen atoms in total. The van der Waals surface area contributed by atoms with Crippen molar-refractivity contribution in [2.24, 2.45) is 0 Å². The second kappa shape index (κ2) is 7.56. The first-order chi connectivity index (χ1) is 14.3. The van der Waals surface area contributed by atoms with Gasteiger partial charge in [0.25, 0.3) is 11.8 Å². The molecule has 156 valence electrons. The van der Waals surface area contributed by atoms with Crippen molar-refractivity contribution < 1.29 is 22.8 Å². The Bertz CT molecular complexity index is 1120. The van der Waals surface area contributed by atoms with Gasteiger partial charge < -0.3 is 5.32 Å². The number of nitrogens with zero attached hydrogens (tertiary/aromatic N) is 2. The van der Waals surface area contributed by atoms with Crippen molar-refractivity contribution >= 4 is 39.1 Å². The Hall–Kier alpha value is -3.20. The van der Waals surface area contributed by atoms with Crippen molar-refractivity contribution in [3.8, 4) is 0 Å². The van der Waals surface area contributed by atoms with Gasteiger partial charge in [0.05, 0.1) is 22.6 Å². The van der Waals surface area contributed by atoms with Gasteiger partial charge in [-0.3, -0.25) is 23.6 Å². The second-order valence-corrected chi connectivity index (χ2v) is 9.39. The van der Waals surface area contributed by atoms with Gasteiger partial charge in [-0.2, -0.15) is 0 Å². The van der Waals surface area contributed by atoms with Crippen LogP contribution >= 0.6 is 0 Å². The Balaban J connectivity index is 1.49. The molecule has 0 saturated carbocycles. The molecule has 0 fully saturated rings. The molecule has 2 aliphatic rings. The Kier molecular flexibility index (Phi) is 5.07. The second-order valence-electron chi connectivity index (χ2n) is 7.21. The summed E-state index contributed by atoms with van der Waals surface area (Å²) in [6.45, 7) is 1.66. The van der Waals surface area contributed by atoms with Crippen molar-refractivity contribution in [2.45, 2.75) is 19.8 Å². The summed E-state index contributed by atoms with van der Waals surface area (Å²) in [5, 5.41) is 2.70. The van der Waals surface area contributed by atoms with Crippen molar-refractivity contribution in [3.63, 3.8) is 0 Å². The lowest BCUT2D eigenvalue weighted by molar-refractivity contribution is -0.116. The van der Waals surface area contributed by atoms with Gasteiger partial charge in [-0.05, 0) is 55.7 Å². The number of nitrogens with one attached hydrogen (secondary N) is 1. The van der Waals surface area contributed by atoms with Gasteiger partial charge in [-0.25, -0.2) is 8.42 Å². The molecule has 4 rings (SSSR count). The molecular weight excluding hydrogens is 406 g/mol. The number of carbonyl (C=O) groups is 3. The summed E-state index contributed by atoms with van der Waals surface area (Å²) in [6.07, 6.45) is 1.39. The van der Waals surface area contributed by atoms with Crippen LogP contribution in [-0.4, -0.2) is 49.9 Å². The fourth-order valence-corrected chi connectivity index (χ4v) is 5.01. The number of benzene rings is 2. The molecule has 0 saturated heterocycles. The molecule has 0 bridgehead atoms. The van der Waals surface area contributed by atoms with E-state index in [0.29, 0.717) is 41.9 Å². The monoisotopic (exact) mass is 427 g/mol. The topological polar surface area (TPSA) is 104 Å². The molecule has 2 aromatic rings. The summed E-state index contributed by atoms with van der Waals surface area (Å²) < 4.78 is 26.0. The van der Waals surface area contributed by atoms with Crippen LogP contribution in [0.4, 0.5) is 11.4 Å². The van der Waals surface area contributed by atoms with Gasteiger partial charge in [-0.15, -0.1) is 0 Å². The van der Waals surface area contributed by atoms with E-state index in [1.165, 1.54) is 4.31 Å². The summed E-state index contributed by atoms with van der Waals surface area (Å²) in [6, 6.07) is 11.5. The van der Waals surface area contributed by atoms with Crippen LogP contribution in [0.5, 0.6) is 0 Å². The summed E-state index contributed by atoms with van der Waals surface area (Å²) in [5.74, 6) is -1.46. The molecule has 9 heteroatoms. The standard InChI is InChI=1S/C21H21N3O5S/c1-2-30(28,29)24-11-5-6-14-12-15(9-10-18(14)24)22-19(25)13-23-20(26)16-7-3-4-8-17(16)21(23)27/h3-4,7-10,12H,2,5-6,11,13H2,1H3,(H,22,25). The van der Waals surface area contributed by atoms with Gasteiger partial charge in [0, 0.05) is 12.2 Å². The third-order valence-corrected chi connectivity index (χ3v) is 7.10. The third-order valence-electron chi connectivity index (χ3n) is 5.32. The first-order valence-corrected chi connectivity index (χ1v) is 11.3. The molecule has 0 spiro atoms. The Labute approximate surface area is 174 Å². The maximum Gasteiger partial charge on any atom is 0.262 e. The van der Waals surface area contributed by atoms with Crippen LogP contribution in [0, 0.1) is 0 Å². The number of sulfonamides is 1. The van der Waals surface area contributed by atoms with Crippen molar-refractivity contribution in [1.82, 2.24) is 4.90 Å². The van der Waals surface area contributed by atoms with E-state index in [9.17, 15) is 22.8 Å². The first kappa shape index (κ1) is 20.1. The van der Waals surface area contributed by atoms with E-state index in [1.807, 2.05) is 0 Å². The molecule has 1 N–H and O–H groups in total. The number of hydrogen-bond donors (Lipinski definition) is 1. The van der Waals surface area contributed by atoms with Crippen LogP contribution in [0.15, 0.2) is 42.5 Å². The van der Waals surface area contributed by atoms with Crippen LogP contribution in [0.3, 0.4) is 0 Å². The fourth-order valence-electron chi connectivity index (χ4n) is 3.81. The number of amides is 3. The molecule has 30 heavy (non-hydrogen) atoms. The van der Waals surface area contributed by atoms with Gasteiger partial charge in [-0.1, -0.05) is 12.1 Å². The minimum atomic E-state index is -3.36. The highest BCUT2D eigenvalue weighted by molar-refractivity contribution is 7.92. The molecule has 0 aromatic heterocycles. The Morgan fingerprint density at radius 2 is 1.73 bits per heavy atom. The molecule has 0 atom stereocenters. The fraction of sp³-hybridized carbons (Fsp3) is 0.286. The van der Waals surface area contributed by atoms with E-state index in [4.69, 9.17) is 0 Å². The molecule has 2 heterocycles. The van der Waals surface area contributed by atoms with Crippen LogP contribution in [0.25, 0.3) is 0 Å². The zero-order valence-electron chi connectivity index (χ0n) is 16.4. The van der Waals surface area contributed by atoms with E-state index < -0.39 is 27.7 Å². The number of hydrogen-bond acceptors (Lipinski definition) is 5. The number of aryl methyl sites for hydroxylation is 1. The number of fused-ring (bicyclic) bond motifs is 2.